The summed E-state index contributed by atoms with van der Waals surface area (Å²) in [5, 5.41) is 8.65. The number of nitrogens with two attached hydrogens (primary N) is 3. The number of H-pyrrole nitrogens is 1. The number of nitrogens with zero attached hydrogens (tertiary/aromatic N) is 3. The summed E-state index contributed by atoms with van der Waals surface area (Å²) in [5.74, 6) is -0.888. The third kappa shape index (κ3) is 11.3. The maximum atomic E-state index is 14.1. The highest BCUT2D eigenvalue weighted by Crippen LogP contribution is 2.39. The van der Waals surface area contributed by atoms with Crippen LogP contribution in [0.3, 0.4) is 0 Å². The minimum atomic E-state index is -0.939. The minimum absolute atomic E-state index is 0.214. The van der Waals surface area contributed by atoms with Crippen LogP contribution >= 0.6 is 23.4 Å². The Kier molecular flexibility index (Phi) is 15.9. The fourth-order valence-electron chi connectivity index (χ4n) is 6.71. The molecule has 0 radical (unpaired) electrons. The van der Waals surface area contributed by atoms with Gasteiger partial charge in [0.15, 0.2) is 0 Å². The molecular formula is C42H52ClN9O4S. The van der Waals surface area contributed by atoms with Crippen LogP contribution in [0.1, 0.15) is 48.8 Å². The molecule has 3 heterocycles. The van der Waals surface area contributed by atoms with E-state index in [-0.39, 0.29) is 12.3 Å². The highest BCUT2D eigenvalue weighted by molar-refractivity contribution is 7.99. The lowest BCUT2D eigenvalue weighted by molar-refractivity contribution is -0.141. The number of aromatic nitrogens is 3. The first-order valence-electron chi connectivity index (χ1n) is 19.0. The zero-order chi connectivity index (χ0) is 40.9. The Labute approximate surface area is 342 Å². The van der Waals surface area contributed by atoms with E-state index in [0.29, 0.717) is 62.6 Å². The summed E-state index contributed by atoms with van der Waals surface area (Å²) in [6.45, 7) is 3.14. The van der Waals surface area contributed by atoms with Crippen LogP contribution in [0.4, 0.5) is 0 Å². The fourth-order valence-corrected chi connectivity index (χ4v) is 8.05. The lowest BCUT2D eigenvalue weighted by Gasteiger charge is -2.31. The molecule has 0 saturated carbocycles. The van der Waals surface area contributed by atoms with Crippen LogP contribution in [0.15, 0.2) is 89.2 Å². The number of likely N-dealkylation sites (N-methyl/N-ethyl adjacent to an activating group) is 1. The van der Waals surface area contributed by atoms with Gasteiger partial charge >= 0.3 is 0 Å². The normalized spacial score (nSPS) is 12.9. The van der Waals surface area contributed by atoms with Gasteiger partial charge < -0.3 is 42.5 Å². The minimum Gasteiger partial charge on any atom is -0.481 e. The smallest absolute Gasteiger partial charge is 0.245 e. The van der Waals surface area contributed by atoms with Gasteiger partial charge in [-0.2, -0.15) is 0 Å². The number of rotatable bonds is 21. The Morgan fingerprint density at radius 2 is 1.70 bits per heavy atom. The number of hydrogen-bond acceptors (Lipinski definition) is 10. The largest absolute Gasteiger partial charge is 0.481 e. The van der Waals surface area contributed by atoms with E-state index in [1.165, 1.54) is 16.7 Å². The summed E-state index contributed by atoms with van der Waals surface area (Å²) in [5.41, 5.74) is 23.0. The molecule has 3 atom stereocenters. The van der Waals surface area contributed by atoms with Crippen molar-refractivity contribution in [3.05, 3.63) is 101 Å². The summed E-state index contributed by atoms with van der Waals surface area (Å²) in [7, 11) is 3.13. The van der Waals surface area contributed by atoms with E-state index in [1.807, 2.05) is 67.7 Å². The van der Waals surface area contributed by atoms with Gasteiger partial charge in [-0.05, 0) is 104 Å². The van der Waals surface area contributed by atoms with E-state index in [1.54, 1.807) is 26.6 Å². The number of nitrogens with one attached hydrogen (secondary N) is 3. The van der Waals surface area contributed by atoms with E-state index in [0.717, 1.165) is 48.6 Å². The summed E-state index contributed by atoms with van der Waals surface area (Å²) < 4.78 is 5.30. The number of unbranched alkanes of at least 4 members (excludes halogenated alkanes) is 1. The molecule has 57 heavy (non-hydrogen) atoms. The number of para-hydroxylation sites is 1. The summed E-state index contributed by atoms with van der Waals surface area (Å²) in [4.78, 5) is 55.3. The van der Waals surface area contributed by atoms with Crippen LogP contribution in [0.2, 0.25) is 5.02 Å². The molecule has 15 heteroatoms. The van der Waals surface area contributed by atoms with Crippen molar-refractivity contribution in [1.29, 1.82) is 0 Å². The predicted molar refractivity (Wildman–Crippen MR) is 226 cm³/mol. The zero-order valence-corrected chi connectivity index (χ0v) is 34.2. The third-order valence-corrected chi connectivity index (χ3v) is 11.6. The van der Waals surface area contributed by atoms with Crippen molar-refractivity contribution < 1.29 is 19.1 Å². The number of carbonyl (C=O) groups is 3. The first-order valence-corrected chi connectivity index (χ1v) is 20.2. The third-order valence-electron chi connectivity index (χ3n) is 9.90. The zero-order valence-electron chi connectivity index (χ0n) is 32.6. The molecule has 0 fully saturated rings. The van der Waals surface area contributed by atoms with Crippen molar-refractivity contribution in [2.24, 2.45) is 17.2 Å². The lowest BCUT2D eigenvalue weighted by Crippen LogP contribution is -2.56. The van der Waals surface area contributed by atoms with E-state index in [9.17, 15) is 14.4 Å². The molecule has 0 spiro atoms. The molecule has 0 bridgehead atoms. The van der Waals surface area contributed by atoms with Crippen LogP contribution in [0, 0.1) is 6.92 Å². The predicted octanol–water partition coefficient (Wildman–Crippen LogP) is 5.11. The molecule has 0 unspecified atom stereocenters. The Hall–Kier alpha value is -4.99. The number of methoxy groups -OCH3 is 1. The van der Waals surface area contributed by atoms with Crippen molar-refractivity contribution in [2.75, 3.05) is 27.2 Å². The first-order chi connectivity index (χ1) is 27.5. The number of amides is 3. The molecule has 5 rings (SSSR count). The Bertz CT molecular complexity index is 2120. The number of ether oxygens (including phenoxy) is 1. The van der Waals surface area contributed by atoms with E-state index in [4.69, 9.17) is 33.5 Å². The number of fused-ring (bicyclic) bond motifs is 1. The molecule has 0 aliphatic heterocycles. The van der Waals surface area contributed by atoms with Crippen LogP contribution in [-0.2, 0) is 27.3 Å². The van der Waals surface area contributed by atoms with Gasteiger partial charge in [0, 0.05) is 60.5 Å². The second-order valence-corrected chi connectivity index (χ2v) is 15.3. The first kappa shape index (κ1) is 43.1. The standard InChI is InChI=1S/C42H52ClN9O4S/c1-26-20-29(27-15-19-47-37(23-27)56-3)21-32(43)38(26)57-41-28(10-9-18-48-41)24-50-34(14-8-17-45)40(54)51-35(13-6-7-16-44)42(55)52(2)36(39(46)53)22-30-25-49-33-12-5-4-11-31(30)33/h4-5,9-12,15,18-21,23,25,34-36,49-50H,6-8,13-14,16-17,22,24,44-45H2,1-3H3,(H2,46,53)(H,51,54)/t34-,35-,36-/m0/s1. The summed E-state index contributed by atoms with van der Waals surface area (Å²) in [6, 6.07) is 16.7. The number of hydrogen-bond donors (Lipinski definition) is 6. The Morgan fingerprint density at radius 1 is 0.930 bits per heavy atom. The lowest BCUT2D eigenvalue weighted by atomic mass is 10.0. The Morgan fingerprint density at radius 3 is 2.44 bits per heavy atom. The van der Waals surface area contributed by atoms with Gasteiger partial charge in [-0.15, -0.1) is 0 Å². The second kappa shape index (κ2) is 21.0. The average molecular weight is 814 g/mol. The van der Waals surface area contributed by atoms with Crippen molar-refractivity contribution in [1.82, 2.24) is 30.5 Å². The van der Waals surface area contributed by atoms with Gasteiger partial charge in [-0.25, -0.2) is 9.97 Å². The summed E-state index contributed by atoms with van der Waals surface area (Å²) >= 11 is 8.33. The van der Waals surface area contributed by atoms with Crippen LogP contribution < -0.4 is 32.6 Å². The molecule has 2 aromatic carbocycles. The fraction of sp³-hybridized carbons (Fsp3) is 0.357. The maximum absolute atomic E-state index is 14.1. The number of pyridine rings is 2. The number of benzene rings is 2. The highest BCUT2D eigenvalue weighted by atomic mass is 35.5. The molecule has 9 N–H and O–H groups in total. The number of aryl methyl sites for hydroxylation is 1. The number of carbonyl (C=O) groups excluding carboxylic acids is 3. The molecule has 5 aromatic rings. The van der Waals surface area contributed by atoms with Gasteiger partial charge in [-0.1, -0.05) is 53.7 Å². The molecule has 3 amide bonds. The molecule has 302 valence electrons. The van der Waals surface area contributed by atoms with Crippen LogP contribution in [0.5, 0.6) is 5.88 Å². The number of primary amides is 1. The van der Waals surface area contributed by atoms with Gasteiger partial charge in [0.2, 0.25) is 23.6 Å². The molecular weight excluding hydrogens is 762 g/mol. The quantitative estimate of drug-likeness (QED) is 0.0540. The van der Waals surface area contributed by atoms with E-state index in [2.05, 4.69) is 31.7 Å². The van der Waals surface area contributed by atoms with Crippen molar-refractivity contribution >= 4 is 52.0 Å². The molecule has 0 aliphatic rings. The highest BCUT2D eigenvalue weighted by Gasteiger charge is 2.33. The second-order valence-electron chi connectivity index (χ2n) is 13.9. The number of halogens is 1. The molecule has 3 aromatic heterocycles. The van der Waals surface area contributed by atoms with Crippen molar-refractivity contribution in [3.8, 4) is 17.0 Å². The van der Waals surface area contributed by atoms with E-state index < -0.39 is 29.9 Å². The Balaban J connectivity index is 1.31. The van der Waals surface area contributed by atoms with Gasteiger partial charge in [-0.3, -0.25) is 14.4 Å². The van der Waals surface area contributed by atoms with Gasteiger partial charge in [0.1, 0.15) is 17.1 Å². The monoisotopic (exact) mass is 813 g/mol. The molecule has 13 nitrogen and oxygen atoms in total. The number of aromatic amines is 1. The molecule has 0 saturated heterocycles. The SMILES string of the molecule is COc1cc(-c2cc(C)c(Sc3ncccc3CN[C@@H](CCCN)C(=O)N[C@@H](CCCCN)C(=O)N(C)[C@@H](Cc3c[nH]c4ccccc34)C(N)=O)c(Cl)c2)ccn1. The average Bonchev–Trinajstić information content (AvgIpc) is 3.63. The van der Waals surface area contributed by atoms with Crippen molar-refractivity contribution in [2.45, 2.75) is 80.0 Å². The summed E-state index contributed by atoms with van der Waals surface area (Å²) in [6.07, 6.45) is 8.06. The van der Waals surface area contributed by atoms with Crippen LogP contribution in [0.25, 0.3) is 22.0 Å². The van der Waals surface area contributed by atoms with Gasteiger partial charge in [0.05, 0.1) is 18.2 Å². The van der Waals surface area contributed by atoms with E-state index >= 15 is 0 Å². The van der Waals surface area contributed by atoms with Crippen molar-refractivity contribution in [3.63, 3.8) is 0 Å². The maximum Gasteiger partial charge on any atom is 0.245 e. The van der Waals surface area contributed by atoms with Gasteiger partial charge in [0.25, 0.3) is 0 Å². The van der Waals surface area contributed by atoms with Crippen LogP contribution in [-0.4, -0.2) is 82.9 Å². The molecule has 0 aliphatic carbocycles. The topological polar surface area (TPSA) is 207 Å².